The zero-order chi connectivity index (χ0) is 10.1. The number of rotatable bonds is 2. The summed E-state index contributed by atoms with van der Waals surface area (Å²) < 4.78 is 10.9. The summed E-state index contributed by atoms with van der Waals surface area (Å²) in [4.78, 5) is 7.61. The van der Waals surface area contributed by atoms with Crippen molar-refractivity contribution in [3.8, 4) is 0 Å². The van der Waals surface area contributed by atoms with Crippen LogP contribution in [0.4, 0.5) is 5.95 Å². The molecule has 1 aromatic rings. The zero-order valence-electron chi connectivity index (χ0n) is 6.86. The fourth-order valence-corrected chi connectivity index (χ4v) is 1.39. The van der Waals surface area contributed by atoms with Crippen molar-refractivity contribution < 1.29 is 4.57 Å². The first-order valence-corrected chi connectivity index (χ1v) is 5.56. The van der Waals surface area contributed by atoms with E-state index in [9.17, 15) is 4.57 Å². The van der Waals surface area contributed by atoms with E-state index < -0.39 is 7.59 Å². The summed E-state index contributed by atoms with van der Waals surface area (Å²) in [6.07, 6.45) is 0. The largest absolute Gasteiger partial charge is 0.300 e. The Morgan fingerprint density at radius 2 is 2.15 bits per heavy atom. The van der Waals surface area contributed by atoms with Crippen LogP contribution in [0.3, 0.4) is 0 Å². The van der Waals surface area contributed by atoms with E-state index in [0.717, 1.165) is 0 Å². The van der Waals surface area contributed by atoms with Crippen LogP contribution in [0.2, 0.25) is 5.15 Å². The Morgan fingerprint density at radius 3 is 2.62 bits per heavy atom. The number of nitrogens with one attached hydrogen (secondary N) is 1. The topological polar surface area (TPSA) is 107 Å². The van der Waals surface area contributed by atoms with E-state index in [0.29, 0.717) is 5.69 Å². The van der Waals surface area contributed by atoms with E-state index in [-0.39, 0.29) is 11.1 Å². The number of hydrogen-bond acceptors (Lipinski definition) is 3. The molecule has 0 fully saturated rings. The molecule has 1 rings (SSSR count). The lowest BCUT2D eigenvalue weighted by Crippen LogP contribution is -2.15. The number of nitrogens with zero attached hydrogens (tertiary/aromatic N) is 2. The van der Waals surface area contributed by atoms with Gasteiger partial charge in [-0.2, -0.15) is 0 Å². The molecule has 5 N–H and O–H groups in total. The maximum absolute atomic E-state index is 10.9. The molecule has 8 heteroatoms. The predicted octanol–water partition coefficient (Wildman–Crippen LogP) is 0.876. The van der Waals surface area contributed by atoms with Gasteiger partial charge in [-0.15, -0.1) is 0 Å². The van der Waals surface area contributed by atoms with E-state index in [1.165, 1.54) is 0 Å². The Kier molecular flexibility index (Phi) is 2.87. The van der Waals surface area contributed by atoms with Crippen LogP contribution in [-0.2, 0) is 4.57 Å². The lowest BCUT2D eigenvalue weighted by Gasteiger charge is -2.08. The molecule has 0 atom stereocenters. The van der Waals surface area contributed by atoms with E-state index in [1.54, 1.807) is 13.0 Å². The standard InChI is InChI=1S/C5H9ClN5OP/c1-3-2-4(6)10-5(9-3)11-13(7,8)12/h2H,1H3,(H5,7,8,9,10,11,12). The number of hydrogen-bond donors (Lipinski definition) is 3. The van der Waals surface area contributed by atoms with Crippen LogP contribution in [0.1, 0.15) is 5.69 Å². The molecule has 0 bridgehead atoms. The molecule has 13 heavy (non-hydrogen) atoms. The molecule has 1 aromatic heterocycles. The van der Waals surface area contributed by atoms with Crippen molar-refractivity contribution in [1.82, 2.24) is 9.97 Å². The number of anilines is 1. The van der Waals surface area contributed by atoms with E-state index >= 15 is 0 Å². The van der Waals surface area contributed by atoms with Crippen LogP contribution in [0.15, 0.2) is 6.07 Å². The molecular formula is C5H9ClN5OP. The van der Waals surface area contributed by atoms with Gasteiger partial charge >= 0.3 is 0 Å². The Morgan fingerprint density at radius 1 is 1.54 bits per heavy atom. The molecule has 0 amide bonds. The molecule has 0 radical (unpaired) electrons. The van der Waals surface area contributed by atoms with Gasteiger partial charge in [-0.1, -0.05) is 11.6 Å². The highest BCUT2D eigenvalue weighted by molar-refractivity contribution is 7.60. The Balaban J connectivity index is 2.96. The van der Waals surface area contributed by atoms with Gasteiger partial charge in [0.25, 0.3) is 7.59 Å². The van der Waals surface area contributed by atoms with Crippen molar-refractivity contribution in [3.05, 3.63) is 16.9 Å². The maximum atomic E-state index is 10.9. The van der Waals surface area contributed by atoms with Crippen LogP contribution in [0.5, 0.6) is 0 Å². The quantitative estimate of drug-likeness (QED) is 0.505. The molecule has 0 spiro atoms. The van der Waals surface area contributed by atoms with Gasteiger partial charge in [0.2, 0.25) is 5.95 Å². The second-order valence-corrected chi connectivity index (χ2v) is 4.51. The minimum Gasteiger partial charge on any atom is -0.281 e. The highest BCUT2D eigenvalue weighted by Gasteiger charge is 2.10. The Labute approximate surface area is 80.2 Å². The molecule has 0 aromatic carbocycles. The van der Waals surface area contributed by atoms with Gasteiger partial charge in [0, 0.05) is 5.69 Å². The normalized spacial score (nSPS) is 11.4. The summed E-state index contributed by atoms with van der Waals surface area (Å²) in [5.41, 5.74) is 10.8. The Bertz CT molecular complexity index is 344. The molecule has 6 nitrogen and oxygen atoms in total. The van der Waals surface area contributed by atoms with Crippen molar-refractivity contribution in [2.75, 3.05) is 5.09 Å². The van der Waals surface area contributed by atoms with Crippen LogP contribution < -0.4 is 16.1 Å². The number of aromatic nitrogens is 2. The fraction of sp³-hybridized carbons (Fsp3) is 0.200. The lowest BCUT2D eigenvalue weighted by molar-refractivity contribution is 0.580. The lowest BCUT2D eigenvalue weighted by atomic mass is 10.5. The second kappa shape index (κ2) is 3.59. The highest BCUT2D eigenvalue weighted by Crippen LogP contribution is 2.25. The van der Waals surface area contributed by atoms with Gasteiger partial charge in [0.15, 0.2) is 0 Å². The minimum absolute atomic E-state index is 0.0679. The smallest absolute Gasteiger partial charge is 0.281 e. The number of nitrogens with two attached hydrogens (primary N) is 2. The molecule has 1 heterocycles. The summed E-state index contributed by atoms with van der Waals surface area (Å²) in [5, 5.41) is 2.51. The number of halogens is 1. The third-order valence-corrected chi connectivity index (χ3v) is 1.84. The number of aryl methyl sites for hydroxylation is 1. The SMILES string of the molecule is Cc1cc(Cl)nc(NP(N)(N)=O)n1. The summed E-state index contributed by atoms with van der Waals surface area (Å²) in [7, 11) is -3.36. The van der Waals surface area contributed by atoms with E-state index in [4.69, 9.17) is 22.6 Å². The molecule has 0 unspecified atom stereocenters. The van der Waals surface area contributed by atoms with Gasteiger partial charge in [-0.25, -0.2) is 9.97 Å². The third kappa shape index (κ3) is 3.69. The zero-order valence-corrected chi connectivity index (χ0v) is 8.51. The first kappa shape index (κ1) is 10.4. The Hall–Kier alpha value is -0.680. The predicted molar refractivity (Wildman–Crippen MR) is 51.4 cm³/mol. The molecule has 0 aliphatic heterocycles. The monoisotopic (exact) mass is 221 g/mol. The summed E-state index contributed by atoms with van der Waals surface area (Å²) in [5.74, 6) is 0.0679. The van der Waals surface area contributed by atoms with Crippen LogP contribution in [0.25, 0.3) is 0 Å². The maximum Gasteiger partial charge on any atom is 0.300 e. The molecule has 0 saturated carbocycles. The molecule has 0 aliphatic carbocycles. The molecule has 0 aliphatic rings. The minimum atomic E-state index is -3.36. The van der Waals surface area contributed by atoms with Gasteiger partial charge in [-0.05, 0) is 13.0 Å². The first-order chi connectivity index (χ1) is 5.87. The first-order valence-electron chi connectivity index (χ1n) is 3.33. The van der Waals surface area contributed by atoms with Gasteiger partial charge in [0.1, 0.15) is 5.15 Å². The summed E-state index contributed by atoms with van der Waals surface area (Å²) in [6.45, 7) is 1.72. The van der Waals surface area contributed by atoms with Crippen molar-refractivity contribution in [2.45, 2.75) is 6.92 Å². The molecule has 72 valence electrons. The fourth-order valence-electron chi connectivity index (χ4n) is 0.736. The summed E-state index contributed by atoms with van der Waals surface area (Å²) >= 11 is 5.62. The van der Waals surface area contributed by atoms with E-state index in [2.05, 4.69) is 15.1 Å². The molecular weight excluding hydrogens is 213 g/mol. The van der Waals surface area contributed by atoms with Crippen molar-refractivity contribution in [3.63, 3.8) is 0 Å². The second-order valence-electron chi connectivity index (χ2n) is 2.48. The van der Waals surface area contributed by atoms with Gasteiger partial charge in [0.05, 0.1) is 0 Å². The van der Waals surface area contributed by atoms with Crippen molar-refractivity contribution in [1.29, 1.82) is 0 Å². The summed E-state index contributed by atoms with van der Waals surface area (Å²) in [6, 6.07) is 1.56. The molecule has 0 saturated heterocycles. The average Bonchev–Trinajstić information content (AvgIpc) is 1.78. The third-order valence-electron chi connectivity index (χ3n) is 1.10. The van der Waals surface area contributed by atoms with Crippen molar-refractivity contribution >= 4 is 25.1 Å². The van der Waals surface area contributed by atoms with Gasteiger partial charge < -0.3 is 0 Å². The van der Waals surface area contributed by atoms with E-state index in [1.807, 2.05) is 0 Å². The van der Waals surface area contributed by atoms with Crippen molar-refractivity contribution in [2.24, 2.45) is 11.0 Å². The van der Waals surface area contributed by atoms with Crippen LogP contribution in [-0.4, -0.2) is 9.97 Å². The van der Waals surface area contributed by atoms with Crippen LogP contribution in [0, 0.1) is 6.92 Å². The van der Waals surface area contributed by atoms with Crippen LogP contribution >= 0.6 is 19.2 Å². The highest BCUT2D eigenvalue weighted by atomic mass is 35.5. The van der Waals surface area contributed by atoms with Gasteiger partial charge in [-0.3, -0.25) is 20.7 Å². The average molecular weight is 222 g/mol.